The average molecular weight is 267 g/mol. The normalized spacial score (nSPS) is 18.3. The van der Waals surface area contributed by atoms with Gasteiger partial charge in [0.15, 0.2) is 11.6 Å². The largest absolute Gasteiger partial charge is 0.494 e. The lowest BCUT2D eigenvalue weighted by Gasteiger charge is -2.31. The Labute approximate surface area is 114 Å². The molecular formula is C15H22FNO2. The second-order valence-electron chi connectivity index (χ2n) is 4.88. The minimum absolute atomic E-state index is 0.239. The van der Waals surface area contributed by atoms with Crippen LogP contribution in [-0.4, -0.2) is 26.9 Å². The molecular weight excluding hydrogens is 245 g/mol. The van der Waals surface area contributed by atoms with Crippen molar-refractivity contribution in [2.45, 2.75) is 25.8 Å². The molecule has 1 aromatic rings. The molecule has 2 rings (SSSR count). The molecule has 0 amide bonds. The minimum Gasteiger partial charge on any atom is -0.494 e. The summed E-state index contributed by atoms with van der Waals surface area (Å²) in [5, 5.41) is 3.51. The van der Waals surface area contributed by atoms with Crippen LogP contribution in [0.1, 0.15) is 31.4 Å². The zero-order valence-corrected chi connectivity index (χ0v) is 11.6. The van der Waals surface area contributed by atoms with Crippen molar-refractivity contribution in [2.75, 3.05) is 26.9 Å². The van der Waals surface area contributed by atoms with Crippen molar-refractivity contribution in [1.82, 2.24) is 5.32 Å². The molecule has 19 heavy (non-hydrogen) atoms. The highest BCUT2D eigenvalue weighted by atomic mass is 19.1. The fourth-order valence-electron chi connectivity index (χ4n) is 2.70. The smallest absolute Gasteiger partial charge is 0.165 e. The molecule has 0 radical (unpaired) electrons. The Morgan fingerprint density at radius 2 is 2.16 bits per heavy atom. The lowest BCUT2D eigenvalue weighted by molar-refractivity contribution is 0.0538. The number of benzene rings is 1. The maximum Gasteiger partial charge on any atom is 0.165 e. The summed E-state index contributed by atoms with van der Waals surface area (Å²) in [6, 6.07) is 5.37. The van der Waals surface area contributed by atoms with Gasteiger partial charge >= 0.3 is 0 Å². The number of hydrogen-bond acceptors (Lipinski definition) is 3. The van der Waals surface area contributed by atoms with E-state index in [1.54, 1.807) is 6.07 Å². The fraction of sp³-hybridized carbons (Fsp3) is 0.600. The van der Waals surface area contributed by atoms with Gasteiger partial charge in [-0.1, -0.05) is 13.0 Å². The number of ether oxygens (including phenoxy) is 2. The number of nitrogens with one attached hydrogen (secondary N) is 1. The summed E-state index contributed by atoms with van der Waals surface area (Å²) >= 11 is 0. The van der Waals surface area contributed by atoms with Crippen LogP contribution in [0, 0.1) is 11.7 Å². The topological polar surface area (TPSA) is 30.5 Å². The summed E-state index contributed by atoms with van der Waals surface area (Å²) in [6.07, 6.45) is 2.08. The molecule has 0 saturated carbocycles. The summed E-state index contributed by atoms with van der Waals surface area (Å²) in [7, 11) is 1.50. The zero-order valence-electron chi connectivity index (χ0n) is 11.6. The van der Waals surface area contributed by atoms with E-state index in [0.717, 1.165) is 38.2 Å². The van der Waals surface area contributed by atoms with Gasteiger partial charge in [-0.25, -0.2) is 4.39 Å². The van der Waals surface area contributed by atoms with Crippen molar-refractivity contribution < 1.29 is 13.9 Å². The number of methoxy groups -OCH3 is 1. The quantitative estimate of drug-likeness (QED) is 0.889. The lowest BCUT2D eigenvalue weighted by Crippen LogP contribution is -2.32. The Kier molecular flexibility index (Phi) is 5.16. The molecule has 0 bridgehead atoms. The molecule has 1 fully saturated rings. The highest BCUT2D eigenvalue weighted by Gasteiger charge is 2.25. The highest BCUT2D eigenvalue weighted by Crippen LogP contribution is 2.32. The molecule has 1 N–H and O–H groups in total. The van der Waals surface area contributed by atoms with E-state index in [1.807, 2.05) is 6.07 Å². The van der Waals surface area contributed by atoms with E-state index in [4.69, 9.17) is 9.47 Å². The van der Waals surface area contributed by atoms with Crippen molar-refractivity contribution in [3.8, 4) is 5.75 Å². The Morgan fingerprint density at radius 1 is 1.42 bits per heavy atom. The van der Waals surface area contributed by atoms with Gasteiger partial charge in [-0.05, 0) is 43.0 Å². The van der Waals surface area contributed by atoms with Crippen LogP contribution >= 0.6 is 0 Å². The maximum atomic E-state index is 13.5. The van der Waals surface area contributed by atoms with E-state index in [9.17, 15) is 4.39 Å². The van der Waals surface area contributed by atoms with Gasteiger partial charge in [0.05, 0.1) is 7.11 Å². The molecule has 0 aromatic heterocycles. The first kappa shape index (κ1) is 14.3. The first-order valence-electron chi connectivity index (χ1n) is 6.90. The van der Waals surface area contributed by atoms with Gasteiger partial charge in [0.25, 0.3) is 0 Å². The zero-order chi connectivity index (χ0) is 13.7. The van der Waals surface area contributed by atoms with Gasteiger partial charge in [0.2, 0.25) is 0 Å². The molecule has 1 saturated heterocycles. The summed E-state index contributed by atoms with van der Waals surface area (Å²) in [5.41, 5.74) is 1.09. The molecule has 1 unspecified atom stereocenters. The Hall–Kier alpha value is -1.13. The van der Waals surface area contributed by atoms with Crippen LogP contribution in [0.4, 0.5) is 4.39 Å². The van der Waals surface area contributed by atoms with Crippen LogP contribution in [0.15, 0.2) is 18.2 Å². The molecule has 0 spiro atoms. The van der Waals surface area contributed by atoms with Crippen LogP contribution < -0.4 is 10.1 Å². The molecule has 1 heterocycles. The first-order chi connectivity index (χ1) is 9.26. The minimum atomic E-state index is -0.312. The van der Waals surface area contributed by atoms with Crippen LogP contribution in [-0.2, 0) is 4.74 Å². The van der Waals surface area contributed by atoms with Gasteiger partial charge in [0, 0.05) is 19.3 Å². The van der Waals surface area contributed by atoms with Crippen molar-refractivity contribution in [3.63, 3.8) is 0 Å². The fourth-order valence-corrected chi connectivity index (χ4v) is 2.70. The lowest BCUT2D eigenvalue weighted by atomic mass is 9.87. The summed E-state index contributed by atoms with van der Waals surface area (Å²) in [4.78, 5) is 0. The third-order valence-corrected chi connectivity index (χ3v) is 3.70. The average Bonchev–Trinajstić information content (AvgIpc) is 2.46. The first-order valence-corrected chi connectivity index (χ1v) is 6.90. The molecule has 0 aliphatic carbocycles. The Balaban J connectivity index is 2.22. The number of hydrogen-bond donors (Lipinski definition) is 1. The standard InChI is InChI=1S/C15H22FNO2/c1-3-17-15(11-6-8-19-9-7-11)12-4-5-13(16)14(10-12)18-2/h4-5,10-11,15,17H,3,6-9H2,1-2H3. The van der Waals surface area contributed by atoms with Crippen molar-refractivity contribution >= 4 is 0 Å². The Bertz CT molecular complexity index is 405. The molecule has 1 atom stereocenters. The van der Waals surface area contributed by atoms with E-state index >= 15 is 0 Å². The summed E-state index contributed by atoms with van der Waals surface area (Å²) < 4.78 is 24.0. The van der Waals surface area contributed by atoms with Crippen LogP contribution in [0.3, 0.4) is 0 Å². The predicted molar refractivity (Wildman–Crippen MR) is 72.9 cm³/mol. The summed E-state index contributed by atoms with van der Waals surface area (Å²) in [5.74, 6) is 0.532. The van der Waals surface area contributed by atoms with E-state index in [1.165, 1.54) is 13.2 Å². The van der Waals surface area contributed by atoms with Crippen LogP contribution in [0.2, 0.25) is 0 Å². The van der Waals surface area contributed by atoms with Gasteiger partial charge in [-0.15, -0.1) is 0 Å². The molecule has 1 aromatic carbocycles. The van der Waals surface area contributed by atoms with E-state index in [0.29, 0.717) is 11.7 Å². The molecule has 1 aliphatic rings. The van der Waals surface area contributed by atoms with E-state index < -0.39 is 0 Å². The second kappa shape index (κ2) is 6.87. The van der Waals surface area contributed by atoms with Gasteiger partial charge < -0.3 is 14.8 Å². The SMILES string of the molecule is CCNC(c1ccc(F)c(OC)c1)C1CCOCC1. The van der Waals surface area contributed by atoms with E-state index in [-0.39, 0.29) is 11.9 Å². The van der Waals surface area contributed by atoms with Crippen molar-refractivity contribution in [1.29, 1.82) is 0 Å². The number of halogens is 1. The van der Waals surface area contributed by atoms with Crippen LogP contribution in [0.5, 0.6) is 5.75 Å². The van der Waals surface area contributed by atoms with Gasteiger partial charge in [-0.2, -0.15) is 0 Å². The maximum absolute atomic E-state index is 13.5. The monoisotopic (exact) mass is 267 g/mol. The third-order valence-electron chi connectivity index (χ3n) is 3.70. The molecule has 1 aliphatic heterocycles. The van der Waals surface area contributed by atoms with Gasteiger partial charge in [-0.3, -0.25) is 0 Å². The highest BCUT2D eigenvalue weighted by molar-refractivity contribution is 5.32. The molecule has 4 heteroatoms. The van der Waals surface area contributed by atoms with Crippen molar-refractivity contribution in [2.24, 2.45) is 5.92 Å². The predicted octanol–water partition coefficient (Wildman–Crippen LogP) is 2.91. The van der Waals surface area contributed by atoms with Gasteiger partial charge in [0.1, 0.15) is 0 Å². The summed E-state index contributed by atoms with van der Waals surface area (Å²) in [6.45, 7) is 4.60. The molecule has 106 valence electrons. The van der Waals surface area contributed by atoms with E-state index in [2.05, 4.69) is 12.2 Å². The third kappa shape index (κ3) is 3.45. The Morgan fingerprint density at radius 3 is 2.79 bits per heavy atom. The van der Waals surface area contributed by atoms with Crippen molar-refractivity contribution in [3.05, 3.63) is 29.6 Å². The number of rotatable bonds is 5. The second-order valence-corrected chi connectivity index (χ2v) is 4.88. The van der Waals surface area contributed by atoms with Crippen LogP contribution in [0.25, 0.3) is 0 Å². The molecule has 3 nitrogen and oxygen atoms in total.